The molecule has 3 rings (SSSR count). The van der Waals surface area contributed by atoms with Gasteiger partial charge >= 0.3 is 5.97 Å². The number of hydrogen-bond acceptors (Lipinski definition) is 4. The van der Waals surface area contributed by atoms with Crippen LogP contribution in [0.5, 0.6) is 0 Å². The first-order valence-electron chi connectivity index (χ1n) is 9.07. The number of benzene rings is 2. The van der Waals surface area contributed by atoms with Crippen molar-refractivity contribution in [3.63, 3.8) is 0 Å². The van der Waals surface area contributed by atoms with Crippen molar-refractivity contribution in [1.82, 2.24) is 4.90 Å². The molecule has 0 aliphatic carbocycles. The number of aryl methyl sites for hydroxylation is 1. The molecule has 0 unspecified atom stereocenters. The van der Waals surface area contributed by atoms with Crippen LogP contribution in [0.3, 0.4) is 0 Å². The average molecular weight is 421 g/mol. The summed E-state index contributed by atoms with van der Waals surface area (Å²) in [7, 11) is 0. The number of amides is 1. The van der Waals surface area contributed by atoms with E-state index in [0.717, 1.165) is 13.1 Å². The van der Waals surface area contributed by atoms with Crippen LogP contribution in [-0.4, -0.2) is 49.6 Å². The largest absolute Gasteiger partial charge is 0.452 e. The number of rotatable bonds is 4. The maximum atomic E-state index is 12.4. The van der Waals surface area contributed by atoms with Gasteiger partial charge in [-0.3, -0.25) is 4.79 Å². The van der Waals surface area contributed by atoms with Crippen molar-refractivity contribution in [1.29, 1.82) is 0 Å². The molecule has 148 valence electrons. The zero-order valence-corrected chi connectivity index (χ0v) is 17.4. The van der Waals surface area contributed by atoms with Crippen LogP contribution in [0.1, 0.15) is 21.5 Å². The second kappa shape index (κ2) is 8.84. The van der Waals surface area contributed by atoms with Gasteiger partial charge in [0.1, 0.15) is 0 Å². The van der Waals surface area contributed by atoms with Crippen molar-refractivity contribution in [3.8, 4) is 0 Å². The molecule has 2 aromatic carbocycles. The third-order valence-corrected chi connectivity index (χ3v) is 5.41. The number of carbonyl (C=O) groups is 2. The van der Waals surface area contributed by atoms with Crippen molar-refractivity contribution < 1.29 is 14.3 Å². The number of nitrogens with zero attached hydrogens (tertiary/aromatic N) is 2. The molecule has 0 aromatic heterocycles. The summed E-state index contributed by atoms with van der Waals surface area (Å²) >= 11 is 11.8. The highest BCUT2D eigenvalue weighted by Crippen LogP contribution is 2.24. The van der Waals surface area contributed by atoms with Crippen LogP contribution in [-0.2, 0) is 9.53 Å². The Hall–Kier alpha value is -2.24. The van der Waals surface area contributed by atoms with Gasteiger partial charge in [-0.1, -0.05) is 35.3 Å². The molecule has 0 N–H and O–H groups in total. The van der Waals surface area contributed by atoms with Crippen LogP contribution in [0.25, 0.3) is 0 Å². The molecule has 0 bridgehead atoms. The SMILES string of the molecule is Cc1cccc(N2CCN(C(=O)COC(=O)c3cc(Cl)cc(Cl)c3)CC2)c1C. The van der Waals surface area contributed by atoms with E-state index in [-0.39, 0.29) is 18.1 Å². The van der Waals surface area contributed by atoms with Crippen molar-refractivity contribution in [2.45, 2.75) is 13.8 Å². The van der Waals surface area contributed by atoms with Crippen LogP contribution in [0.4, 0.5) is 5.69 Å². The minimum absolute atomic E-state index is 0.206. The number of halogens is 2. The van der Waals surface area contributed by atoms with Crippen molar-refractivity contribution in [3.05, 3.63) is 63.1 Å². The van der Waals surface area contributed by atoms with E-state index in [4.69, 9.17) is 27.9 Å². The van der Waals surface area contributed by atoms with E-state index in [2.05, 4.69) is 36.9 Å². The molecular weight excluding hydrogens is 399 g/mol. The highest BCUT2D eigenvalue weighted by Gasteiger charge is 2.23. The number of anilines is 1. The van der Waals surface area contributed by atoms with Gasteiger partial charge in [-0.05, 0) is 49.2 Å². The third-order valence-electron chi connectivity index (χ3n) is 4.97. The molecule has 0 saturated carbocycles. The van der Waals surface area contributed by atoms with E-state index in [1.165, 1.54) is 35.0 Å². The summed E-state index contributed by atoms with van der Waals surface area (Å²) in [6.07, 6.45) is 0. The lowest BCUT2D eigenvalue weighted by atomic mass is 10.1. The zero-order valence-electron chi connectivity index (χ0n) is 15.9. The van der Waals surface area contributed by atoms with E-state index >= 15 is 0 Å². The third kappa shape index (κ3) is 4.78. The topological polar surface area (TPSA) is 49.9 Å². The molecule has 1 aliphatic heterocycles. The summed E-state index contributed by atoms with van der Waals surface area (Å²) in [4.78, 5) is 28.5. The maximum Gasteiger partial charge on any atom is 0.338 e. The lowest BCUT2D eigenvalue weighted by molar-refractivity contribution is -0.134. The summed E-state index contributed by atoms with van der Waals surface area (Å²) in [5.41, 5.74) is 3.95. The minimum Gasteiger partial charge on any atom is -0.452 e. The van der Waals surface area contributed by atoms with Crippen LogP contribution in [0.15, 0.2) is 36.4 Å². The van der Waals surface area contributed by atoms with Crippen LogP contribution in [0, 0.1) is 13.8 Å². The second-order valence-corrected chi connectivity index (χ2v) is 7.69. The van der Waals surface area contributed by atoms with Gasteiger partial charge in [-0.2, -0.15) is 0 Å². The molecule has 28 heavy (non-hydrogen) atoms. The van der Waals surface area contributed by atoms with Gasteiger partial charge in [0.25, 0.3) is 5.91 Å². The molecule has 1 amide bonds. The molecule has 0 atom stereocenters. The van der Waals surface area contributed by atoms with Gasteiger partial charge in [0.2, 0.25) is 0 Å². The molecular formula is C21H22Cl2N2O3. The summed E-state index contributed by atoms with van der Waals surface area (Å²) in [5, 5.41) is 0.682. The fraction of sp³-hybridized carbons (Fsp3) is 0.333. The van der Waals surface area contributed by atoms with Gasteiger partial charge in [0, 0.05) is 41.9 Å². The van der Waals surface area contributed by atoms with E-state index in [0.29, 0.717) is 23.1 Å². The molecule has 0 spiro atoms. The van der Waals surface area contributed by atoms with Gasteiger partial charge in [0.05, 0.1) is 5.56 Å². The average Bonchev–Trinajstić information content (AvgIpc) is 2.67. The summed E-state index contributed by atoms with van der Waals surface area (Å²) < 4.78 is 5.14. The first kappa shape index (κ1) is 20.5. The number of esters is 1. The predicted molar refractivity (Wildman–Crippen MR) is 111 cm³/mol. The summed E-state index contributed by atoms with van der Waals surface area (Å²) in [6.45, 7) is 6.58. The van der Waals surface area contributed by atoms with E-state index in [9.17, 15) is 9.59 Å². The second-order valence-electron chi connectivity index (χ2n) is 6.82. The van der Waals surface area contributed by atoms with Gasteiger partial charge in [0.15, 0.2) is 6.61 Å². The predicted octanol–water partition coefficient (Wildman–Crippen LogP) is 4.12. The Morgan fingerprint density at radius 1 is 1.00 bits per heavy atom. The Morgan fingerprint density at radius 3 is 2.29 bits per heavy atom. The van der Waals surface area contributed by atoms with Crippen molar-refractivity contribution in [2.24, 2.45) is 0 Å². The Balaban J connectivity index is 1.52. The Labute approximate surface area is 174 Å². The lowest BCUT2D eigenvalue weighted by Gasteiger charge is -2.37. The Bertz CT molecular complexity index is 873. The van der Waals surface area contributed by atoms with E-state index in [1.807, 2.05) is 0 Å². The molecule has 1 heterocycles. The lowest BCUT2D eigenvalue weighted by Crippen LogP contribution is -2.50. The van der Waals surface area contributed by atoms with E-state index in [1.54, 1.807) is 4.90 Å². The monoisotopic (exact) mass is 420 g/mol. The molecule has 1 saturated heterocycles. The standard InChI is InChI=1S/C21H22Cl2N2O3/c1-14-4-3-5-19(15(14)2)24-6-8-25(9-7-24)20(26)13-28-21(27)16-10-17(22)12-18(23)11-16/h3-5,10-12H,6-9,13H2,1-2H3. The Kier molecular flexibility index (Phi) is 6.47. The zero-order chi connectivity index (χ0) is 20.3. The quantitative estimate of drug-likeness (QED) is 0.698. The van der Waals surface area contributed by atoms with Crippen molar-refractivity contribution >= 4 is 40.8 Å². The van der Waals surface area contributed by atoms with Gasteiger partial charge < -0.3 is 14.5 Å². The maximum absolute atomic E-state index is 12.4. The van der Waals surface area contributed by atoms with Gasteiger partial charge in [-0.15, -0.1) is 0 Å². The van der Waals surface area contributed by atoms with Crippen LogP contribution >= 0.6 is 23.2 Å². The van der Waals surface area contributed by atoms with Crippen LogP contribution in [0.2, 0.25) is 10.0 Å². The summed E-state index contributed by atoms with van der Waals surface area (Å²) in [6, 6.07) is 10.7. The normalized spacial score (nSPS) is 14.1. The van der Waals surface area contributed by atoms with Crippen molar-refractivity contribution in [2.75, 3.05) is 37.7 Å². The molecule has 7 heteroatoms. The van der Waals surface area contributed by atoms with Gasteiger partial charge in [-0.25, -0.2) is 4.79 Å². The number of hydrogen-bond donors (Lipinski definition) is 0. The fourth-order valence-electron chi connectivity index (χ4n) is 3.25. The molecule has 5 nitrogen and oxygen atoms in total. The fourth-order valence-corrected chi connectivity index (χ4v) is 3.77. The Morgan fingerprint density at radius 2 is 1.64 bits per heavy atom. The number of carbonyl (C=O) groups excluding carboxylic acids is 2. The highest BCUT2D eigenvalue weighted by molar-refractivity contribution is 6.35. The number of ether oxygens (including phenoxy) is 1. The first-order valence-corrected chi connectivity index (χ1v) is 9.83. The van der Waals surface area contributed by atoms with E-state index < -0.39 is 5.97 Å². The molecule has 1 fully saturated rings. The first-order chi connectivity index (χ1) is 13.3. The van der Waals surface area contributed by atoms with Crippen LogP contribution < -0.4 is 4.90 Å². The molecule has 1 aliphatic rings. The summed E-state index contributed by atoms with van der Waals surface area (Å²) in [5.74, 6) is -0.825. The minimum atomic E-state index is -0.619. The smallest absolute Gasteiger partial charge is 0.338 e. The molecule has 0 radical (unpaired) electrons. The molecule has 2 aromatic rings. The highest BCUT2D eigenvalue weighted by atomic mass is 35.5. The number of piperazine rings is 1.